The molecule has 2 aromatic carbocycles. The molecule has 0 saturated heterocycles. The van der Waals surface area contributed by atoms with Gasteiger partial charge in [0.05, 0.1) is 4.92 Å². The normalized spacial score (nSPS) is 11.3. The number of nitrogens with zero attached hydrogens (tertiary/aromatic N) is 1. The second kappa shape index (κ2) is 6.02. The van der Waals surface area contributed by atoms with Crippen LogP contribution in [0.2, 0.25) is 0 Å². The number of aryl methyl sites for hydroxylation is 1. The van der Waals surface area contributed by atoms with Crippen LogP contribution in [-0.2, 0) is 16.6 Å². The highest BCUT2D eigenvalue weighted by Gasteiger charge is 2.24. The van der Waals surface area contributed by atoms with E-state index in [1.165, 1.54) is 24.3 Å². The first-order chi connectivity index (χ1) is 9.90. The van der Waals surface area contributed by atoms with E-state index in [0.29, 0.717) is 0 Å². The summed E-state index contributed by atoms with van der Waals surface area (Å²) in [4.78, 5) is 9.86. The molecule has 0 unspecified atom stereocenters. The highest BCUT2D eigenvalue weighted by Crippen LogP contribution is 2.22. The lowest BCUT2D eigenvalue weighted by atomic mass is 10.1. The maximum Gasteiger partial charge on any atom is 0.289 e. The zero-order valence-electron chi connectivity index (χ0n) is 11.3. The van der Waals surface area contributed by atoms with E-state index in [1.54, 1.807) is 6.07 Å². The summed E-state index contributed by atoms with van der Waals surface area (Å²) in [5.74, 6) is 0. The molecule has 110 valence electrons. The molecule has 0 aliphatic carbocycles. The average molecular weight is 306 g/mol. The van der Waals surface area contributed by atoms with Crippen molar-refractivity contribution in [2.45, 2.75) is 18.4 Å². The summed E-state index contributed by atoms with van der Waals surface area (Å²) in [7, 11) is -3.94. The van der Waals surface area contributed by atoms with Crippen LogP contribution in [0.4, 0.5) is 5.69 Å². The predicted molar refractivity (Wildman–Crippen MR) is 78.3 cm³/mol. The molecule has 0 spiro atoms. The Morgan fingerprint density at radius 3 is 2.52 bits per heavy atom. The minimum absolute atomic E-state index is 0.0794. The van der Waals surface area contributed by atoms with Crippen molar-refractivity contribution in [2.24, 2.45) is 0 Å². The molecule has 2 rings (SSSR count). The molecule has 0 aliphatic heterocycles. The molecule has 0 bridgehead atoms. The molecule has 0 atom stereocenters. The highest BCUT2D eigenvalue weighted by atomic mass is 32.2. The number of rotatable bonds is 5. The van der Waals surface area contributed by atoms with E-state index in [-0.39, 0.29) is 11.4 Å². The number of hydrogen-bond acceptors (Lipinski definition) is 4. The molecular weight excluding hydrogens is 292 g/mol. The third-order valence-electron chi connectivity index (χ3n) is 2.90. The Balaban J connectivity index is 2.25. The Hall–Kier alpha value is -2.25. The van der Waals surface area contributed by atoms with Gasteiger partial charge >= 0.3 is 0 Å². The summed E-state index contributed by atoms with van der Waals surface area (Å²) in [6, 6.07) is 12.6. The molecule has 6 nitrogen and oxygen atoms in total. The van der Waals surface area contributed by atoms with Crippen molar-refractivity contribution >= 4 is 15.7 Å². The fraction of sp³-hybridized carbons (Fsp3) is 0.143. The minimum Gasteiger partial charge on any atom is -0.258 e. The van der Waals surface area contributed by atoms with E-state index in [1.807, 2.05) is 25.1 Å². The summed E-state index contributed by atoms with van der Waals surface area (Å²) in [6.45, 7) is 1.98. The van der Waals surface area contributed by atoms with Crippen molar-refractivity contribution in [1.82, 2.24) is 4.72 Å². The Kier molecular flexibility index (Phi) is 4.35. The first-order valence-electron chi connectivity index (χ1n) is 6.19. The van der Waals surface area contributed by atoms with Gasteiger partial charge in [0.25, 0.3) is 5.69 Å². The lowest BCUT2D eigenvalue weighted by Gasteiger charge is -2.07. The lowest BCUT2D eigenvalue weighted by molar-refractivity contribution is -0.387. The Morgan fingerprint density at radius 2 is 1.86 bits per heavy atom. The number of nitro benzene ring substituents is 1. The summed E-state index contributed by atoms with van der Waals surface area (Å²) in [6.07, 6.45) is 0. The van der Waals surface area contributed by atoms with Gasteiger partial charge in [-0.3, -0.25) is 10.1 Å². The van der Waals surface area contributed by atoms with Gasteiger partial charge < -0.3 is 0 Å². The predicted octanol–water partition coefficient (Wildman–Crippen LogP) is 2.38. The zero-order chi connectivity index (χ0) is 15.5. The first kappa shape index (κ1) is 15.1. The fourth-order valence-electron chi connectivity index (χ4n) is 1.91. The Bertz CT molecular complexity index is 772. The Morgan fingerprint density at radius 1 is 1.14 bits per heavy atom. The van der Waals surface area contributed by atoms with Crippen molar-refractivity contribution in [3.05, 3.63) is 69.8 Å². The van der Waals surface area contributed by atoms with Crippen molar-refractivity contribution in [3.8, 4) is 0 Å². The van der Waals surface area contributed by atoms with Crippen LogP contribution >= 0.6 is 0 Å². The van der Waals surface area contributed by atoms with E-state index < -0.39 is 20.6 Å². The van der Waals surface area contributed by atoms with Gasteiger partial charge in [0.2, 0.25) is 10.0 Å². The fourth-order valence-corrected chi connectivity index (χ4v) is 3.10. The largest absolute Gasteiger partial charge is 0.289 e. The maximum atomic E-state index is 12.2. The van der Waals surface area contributed by atoms with Crippen molar-refractivity contribution in [1.29, 1.82) is 0 Å². The third-order valence-corrected chi connectivity index (χ3v) is 4.35. The van der Waals surface area contributed by atoms with Gasteiger partial charge in [0.1, 0.15) is 0 Å². The molecule has 0 radical (unpaired) electrons. The number of sulfonamides is 1. The minimum atomic E-state index is -3.94. The molecule has 0 aromatic heterocycles. The van der Waals surface area contributed by atoms with E-state index in [2.05, 4.69) is 4.72 Å². The quantitative estimate of drug-likeness (QED) is 0.678. The Labute approximate surface area is 122 Å². The van der Waals surface area contributed by atoms with Gasteiger partial charge in [-0.15, -0.1) is 0 Å². The van der Waals surface area contributed by atoms with Gasteiger partial charge in [-0.1, -0.05) is 42.0 Å². The van der Waals surface area contributed by atoms with Crippen LogP contribution in [0.25, 0.3) is 0 Å². The number of benzene rings is 2. The molecule has 21 heavy (non-hydrogen) atoms. The molecule has 0 saturated carbocycles. The molecule has 7 heteroatoms. The van der Waals surface area contributed by atoms with Gasteiger partial charge in [0, 0.05) is 12.6 Å². The average Bonchev–Trinajstić information content (AvgIpc) is 2.45. The van der Waals surface area contributed by atoms with Crippen LogP contribution in [0.3, 0.4) is 0 Å². The summed E-state index contributed by atoms with van der Waals surface area (Å²) >= 11 is 0. The van der Waals surface area contributed by atoms with Crippen LogP contribution in [-0.4, -0.2) is 13.3 Å². The van der Waals surface area contributed by atoms with Crippen LogP contribution in [0.5, 0.6) is 0 Å². The van der Waals surface area contributed by atoms with Gasteiger partial charge in [-0.05, 0) is 18.6 Å². The first-order valence-corrected chi connectivity index (χ1v) is 7.67. The second-order valence-corrected chi connectivity index (χ2v) is 6.27. The van der Waals surface area contributed by atoms with Crippen LogP contribution in [0.15, 0.2) is 53.4 Å². The summed E-state index contributed by atoms with van der Waals surface area (Å²) in [5, 5.41) is 10.9. The van der Waals surface area contributed by atoms with Crippen LogP contribution in [0.1, 0.15) is 11.1 Å². The molecule has 2 aromatic rings. The summed E-state index contributed by atoms with van der Waals surface area (Å²) < 4.78 is 26.8. The van der Waals surface area contributed by atoms with E-state index >= 15 is 0 Å². The SMILES string of the molecule is Cc1cccc(CNS(=O)(=O)c2ccccc2[N+](=O)[O-])c1. The molecule has 1 N–H and O–H groups in total. The van der Waals surface area contributed by atoms with Crippen LogP contribution < -0.4 is 4.72 Å². The van der Waals surface area contributed by atoms with E-state index in [9.17, 15) is 18.5 Å². The highest BCUT2D eigenvalue weighted by molar-refractivity contribution is 7.89. The van der Waals surface area contributed by atoms with Crippen molar-refractivity contribution in [2.75, 3.05) is 0 Å². The molecule has 0 amide bonds. The lowest BCUT2D eigenvalue weighted by Crippen LogP contribution is -2.24. The topological polar surface area (TPSA) is 89.3 Å². The van der Waals surface area contributed by atoms with E-state index in [4.69, 9.17) is 0 Å². The van der Waals surface area contributed by atoms with Crippen molar-refractivity contribution < 1.29 is 13.3 Å². The van der Waals surface area contributed by atoms with E-state index in [0.717, 1.165) is 11.1 Å². The number of hydrogen-bond donors (Lipinski definition) is 1. The standard InChI is InChI=1S/C14H14N2O4S/c1-11-5-4-6-12(9-11)10-15-21(19,20)14-8-3-2-7-13(14)16(17)18/h2-9,15H,10H2,1H3. The third kappa shape index (κ3) is 3.65. The zero-order valence-corrected chi connectivity index (χ0v) is 12.1. The summed E-state index contributed by atoms with van der Waals surface area (Å²) in [5.41, 5.74) is 1.36. The second-order valence-electron chi connectivity index (χ2n) is 4.54. The maximum absolute atomic E-state index is 12.2. The van der Waals surface area contributed by atoms with Crippen molar-refractivity contribution in [3.63, 3.8) is 0 Å². The van der Waals surface area contributed by atoms with Crippen LogP contribution in [0, 0.1) is 17.0 Å². The smallest absolute Gasteiger partial charge is 0.258 e. The molecule has 0 aliphatic rings. The number of nitrogens with one attached hydrogen (secondary N) is 1. The monoisotopic (exact) mass is 306 g/mol. The van der Waals surface area contributed by atoms with Gasteiger partial charge in [-0.2, -0.15) is 0 Å². The van der Waals surface area contributed by atoms with Gasteiger partial charge in [-0.25, -0.2) is 13.1 Å². The number of nitro groups is 1. The molecule has 0 fully saturated rings. The molecular formula is C14H14N2O4S. The van der Waals surface area contributed by atoms with Gasteiger partial charge in [0.15, 0.2) is 4.90 Å². The number of para-hydroxylation sites is 1. The molecule has 0 heterocycles.